The lowest BCUT2D eigenvalue weighted by Crippen LogP contribution is -2.26. The molecule has 3 rings (SSSR count). The first kappa shape index (κ1) is 17.1. The third-order valence-electron chi connectivity index (χ3n) is 4.33. The summed E-state index contributed by atoms with van der Waals surface area (Å²) in [6, 6.07) is 4.09. The Kier molecular flexibility index (Phi) is 5.31. The standard InChI is InChI=1S/C19H24N2O2S/c1-12(2)21-18-13(3)16(19-20-10-11-24-19)8-9-17(18)23-15-6-4-14(22)5-7-15/h8-11,14-15,22H,4-7H2,1-3H3. The van der Waals surface area contributed by atoms with E-state index >= 15 is 0 Å². The van der Waals surface area contributed by atoms with Gasteiger partial charge in [0.2, 0.25) is 0 Å². The molecule has 2 aromatic rings. The van der Waals surface area contributed by atoms with Crippen LogP contribution in [-0.4, -0.2) is 28.0 Å². The highest BCUT2D eigenvalue weighted by Crippen LogP contribution is 2.40. The van der Waals surface area contributed by atoms with Crippen molar-refractivity contribution in [1.82, 2.24) is 4.98 Å². The molecule has 24 heavy (non-hydrogen) atoms. The Morgan fingerprint density at radius 1 is 1.25 bits per heavy atom. The minimum Gasteiger partial charge on any atom is -0.488 e. The number of benzene rings is 1. The Hall–Kier alpha value is -1.72. The zero-order valence-electron chi connectivity index (χ0n) is 14.5. The average Bonchev–Trinajstić information content (AvgIpc) is 3.07. The second-order valence-corrected chi connectivity index (χ2v) is 7.42. The van der Waals surface area contributed by atoms with Gasteiger partial charge in [-0.3, -0.25) is 4.99 Å². The predicted octanol–water partition coefficient (Wildman–Crippen LogP) is 4.91. The number of ether oxygens (including phenoxy) is 1. The van der Waals surface area contributed by atoms with Crippen LogP contribution in [-0.2, 0) is 0 Å². The summed E-state index contributed by atoms with van der Waals surface area (Å²) in [5.41, 5.74) is 4.10. The molecule has 1 N–H and O–H groups in total. The third-order valence-corrected chi connectivity index (χ3v) is 5.14. The summed E-state index contributed by atoms with van der Waals surface area (Å²) < 4.78 is 6.25. The first-order valence-corrected chi connectivity index (χ1v) is 9.32. The molecule has 0 spiro atoms. The fraction of sp³-hybridized carbons (Fsp3) is 0.474. The number of aliphatic hydroxyl groups is 1. The Morgan fingerprint density at radius 2 is 2.00 bits per heavy atom. The van der Waals surface area contributed by atoms with Crippen LogP contribution in [0.2, 0.25) is 0 Å². The molecule has 0 radical (unpaired) electrons. The van der Waals surface area contributed by atoms with Gasteiger partial charge in [0.1, 0.15) is 16.4 Å². The van der Waals surface area contributed by atoms with Crippen LogP contribution in [0.1, 0.15) is 45.1 Å². The molecule has 0 aliphatic heterocycles. The van der Waals surface area contributed by atoms with Crippen molar-refractivity contribution in [3.63, 3.8) is 0 Å². The molecule has 5 heteroatoms. The van der Waals surface area contributed by atoms with E-state index < -0.39 is 0 Å². The SMILES string of the molecule is CC(C)=Nc1c(OC2CCC(O)CC2)ccc(-c2nccs2)c1C. The monoisotopic (exact) mass is 344 g/mol. The van der Waals surface area contributed by atoms with Crippen molar-refractivity contribution < 1.29 is 9.84 Å². The van der Waals surface area contributed by atoms with Crippen molar-refractivity contribution in [2.24, 2.45) is 4.99 Å². The lowest BCUT2D eigenvalue weighted by atomic mass is 9.95. The van der Waals surface area contributed by atoms with E-state index in [1.807, 2.05) is 31.5 Å². The van der Waals surface area contributed by atoms with Gasteiger partial charge < -0.3 is 9.84 Å². The number of rotatable bonds is 4. The van der Waals surface area contributed by atoms with Crippen LogP contribution >= 0.6 is 11.3 Å². The van der Waals surface area contributed by atoms with Crippen LogP contribution in [0.3, 0.4) is 0 Å². The van der Waals surface area contributed by atoms with Crippen LogP contribution in [0.15, 0.2) is 28.7 Å². The van der Waals surface area contributed by atoms with E-state index in [4.69, 9.17) is 9.73 Å². The Bertz CT molecular complexity index is 713. The number of aliphatic imine (C=N–C) groups is 1. The molecule has 0 amide bonds. The maximum absolute atomic E-state index is 9.67. The van der Waals surface area contributed by atoms with Crippen molar-refractivity contribution >= 4 is 22.7 Å². The quantitative estimate of drug-likeness (QED) is 0.802. The molecule has 4 nitrogen and oxygen atoms in total. The maximum atomic E-state index is 9.67. The minimum atomic E-state index is -0.172. The van der Waals surface area contributed by atoms with Crippen molar-refractivity contribution in [3.05, 3.63) is 29.3 Å². The lowest BCUT2D eigenvalue weighted by Gasteiger charge is -2.27. The zero-order valence-corrected chi connectivity index (χ0v) is 15.3. The fourth-order valence-electron chi connectivity index (χ4n) is 3.06. The highest BCUT2D eigenvalue weighted by Gasteiger charge is 2.22. The van der Waals surface area contributed by atoms with E-state index in [-0.39, 0.29) is 12.2 Å². The molecule has 0 atom stereocenters. The second kappa shape index (κ2) is 7.45. The van der Waals surface area contributed by atoms with E-state index in [2.05, 4.69) is 18.0 Å². The molecular weight excluding hydrogens is 320 g/mol. The Balaban J connectivity index is 1.94. The Morgan fingerprint density at radius 3 is 2.62 bits per heavy atom. The van der Waals surface area contributed by atoms with Gasteiger partial charge in [-0.05, 0) is 64.2 Å². The summed E-state index contributed by atoms with van der Waals surface area (Å²) >= 11 is 1.63. The third kappa shape index (κ3) is 3.84. The van der Waals surface area contributed by atoms with E-state index in [1.165, 1.54) is 0 Å². The summed E-state index contributed by atoms with van der Waals surface area (Å²) in [5.74, 6) is 0.829. The molecule has 0 saturated heterocycles. The van der Waals surface area contributed by atoms with Gasteiger partial charge in [-0.1, -0.05) is 0 Å². The van der Waals surface area contributed by atoms with Crippen LogP contribution in [0.25, 0.3) is 10.6 Å². The number of nitrogens with zero attached hydrogens (tertiary/aromatic N) is 2. The number of aliphatic hydroxyl groups excluding tert-OH is 1. The molecule has 0 bridgehead atoms. The van der Waals surface area contributed by atoms with E-state index in [0.717, 1.165) is 59.0 Å². The average molecular weight is 344 g/mol. The van der Waals surface area contributed by atoms with Gasteiger partial charge in [0.05, 0.1) is 12.2 Å². The van der Waals surface area contributed by atoms with Gasteiger partial charge in [0.25, 0.3) is 0 Å². The number of hydrogen-bond acceptors (Lipinski definition) is 5. The molecule has 1 aliphatic rings. The van der Waals surface area contributed by atoms with Crippen molar-refractivity contribution in [3.8, 4) is 16.3 Å². The summed E-state index contributed by atoms with van der Waals surface area (Å²) in [6.45, 7) is 6.07. The number of hydrogen-bond donors (Lipinski definition) is 1. The smallest absolute Gasteiger partial charge is 0.145 e. The summed E-state index contributed by atoms with van der Waals surface area (Å²) in [6.07, 6.45) is 5.22. The van der Waals surface area contributed by atoms with Crippen molar-refractivity contribution in [2.45, 2.75) is 58.7 Å². The largest absolute Gasteiger partial charge is 0.488 e. The maximum Gasteiger partial charge on any atom is 0.145 e. The second-order valence-electron chi connectivity index (χ2n) is 6.53. The van der Waals surface area contributed by atoms with E-state index in [0.29, 0.717) is 0 Å². The van der Waals surface area contributed by atoms with Gasteiger partial charge in [-0.15, -0.1) is 11.3 Å². The highest BCUT2D eigenvalue weighted by atomic mass is 32.1. The first-order valence-electron chi connectivity index (χ1n) is 8.44. The number of aromatic nitrogens is 1. The molecule has 1 fully saturated rings. The van der Waals surface area contributed by atoms with Gasteiger partial charge in [-0.2, -0.15) is 0 Å². The molecule has 1 aliphatic carbocycles. The lowest BCUT2D eigenvalue weighted by molar-refractivity contribution is 0.0668. The molecular formula is C19H24N2O2S. The van der Waals surface area contributed by atoms with Crippen LogP contribution in [0, 0.1) is 6.92 Å². The zero-order chi connectivity index (χ0) is 17.1. The van der Waals surface area contributed by atoms with Crippen LogP contribution in [0.4, 0.5) is 5.69 Å². The molecule has 128 valence electrons. The highest BCUT2D eigenvalue weighted by molar-refractivity contribution is 7.13. The molecule has 1 aromatic heterocycles. The molecule has 1 aromatic carbocycles. The van der Waals surface area contributed by atoms with E-state index in [1.54, 1.807) is 11.3 Å². The predicted molar refractivity (Wildman–Crippen MR) is 99.6 cm³/mol. The van der Waals surface area contributed by atoms with Gasteiger partial charge in [-0.25, -0.2) is 4.98 Å². The molecule has 1 heterocycles. The van der Waals surface area contributed by atoms with Crippen molar-refractivity contribution in [2.75, 3.05) is 0 Å². The minimum absolute atomic E-state index is 0.157. The fourth-order valence-corrected chi connectivity index (χ4v) is 3.78. The van der Waals surface area contributed by atoms with Crippen molar-refractivity contribution in [1.29, 1.82) is 0 Å². The summed E-state index contributed by atoms with van der Waals surface area (Å²) in [5, 5.41) is 12.7. The van der Waals surface area contributed by atoms with Gasteiger partial charge >= 0.3 is 0 Å². The van der Waals surface area contributed by atoms with Crippen LogP contribution < -0.4 is 4.74 Å². The first-order chi connectivity index (χ1) is 11.5. The van der Waals surface area contributed by atoms with Gasteiger partial charge in [0, 0.05) is 22.9 Å². The Labute approximate surface area is 147 Å². The number of thiazole rings is 1. The molecule has 0 unspecified atom stereocenters. The van der Waals surface area contributed by atoms with Gasteiger partial charge in [0.15, 0.2) is 0 Å². The molecule has 1 saturated carbocycles. The summed E-state index contributed by atoms with van der Waals surface area (Å²) in [7, 11) is 0. The normalized spacial score (nSPS) is 20.7. The summed E-state index contributed by atoms with van der Waals surface area (Å²) in [4.78, 5) is 9.15. The topological polar surface area (TPSA) is 54.7 Å². The van der Waals surface area contributed by atoms with E-state index in [9.17, 15) is 5.11 Å². The van der Waals surface area contributed by atoms with Crippen LogP contribution in [0.5, 0.6) is 5.75 Å².